The largest absolute Gasteiger partial charge is 0.216 e. The van der Waals surface area contributed by atoms with E-state index >= 15 is 0 Å². The van der Waals surface area contributed by atoms with Crippen molar-refractivity contribution in [2.45, 2.75) is 34.6 Å². The van der Waals surface area contributed by atoms with Crippen molar-refractivity contribution in [3.63, 3.8) is 0 Å². The van der Waals surface area contributed by atoms with Gasteiger partial charge < -0.3 is 0 Å². The minimum atomic E-state index is -0.0677. The Morgan fingerprint density at radius 1 is 1.00 bits per heavy atom. The van der Waals surface area contributed by atoms with Gasteiger partial charge in [-0.3, -0.25) is 0 Å². The first-order valence-electron chi connectivity index (χ1n) is 3.59. The molecule has 0 fully saturated rings. The van der Waals surface area contributed by atoms with Gasteiger partial charge in [-0.2, -0.15) is 0 Å². The molecule has 60 valence electrons. The topological polar surface area (TPSA) is 0 Å². The number of allylic oxidation sites excluding steroid dienone is 1. The lowest BCUT2D eigenvalue weighted by Crippen LogP contribution is -2.27. The van der Waals surface area contributed by atoms with E-state index in [-0.39, 0.29) is 10.8 Å². The molecule has 0 spiro atoms. The van der Waals surface area contributed by atoms with Crippen LogP contribution in [0.5, 0.6) is 0 Å². The van der Waals surface area contributed by atoms with Crippen LogP contribution in [0.3, 0.4) is 0 Å². The highest BCUT2D eigenvalue weighted by molar-refractivity contribution is 4.97. The molecular formula is C9H17F. The molecule has 10 heavy (non-hydrogen) atoms. The third kappa shape index (κ3) is 2.13. The second kappa shape index (κ2) is 2.73. The van der Waals surface area contributed by atoms with Gasteiger partial charge in [0, 0.05) is 0 Å². The maximum atomic E-state index is 11.8. The number of hydrogen-bond donors (Lipinski definition) is 0. The van der Waals surface area contributed by atoms with Gasteiger partial charge in [-0.1, -0.05) is 34.6 Å². The van der Waals surface area contributed by atoms with Crippen molar-refractivity contribution < 1.29 is 4.39 Å². The summed E-state index contributed by atoms with van der Waals surface area (Å²) < 4.78 is 11.8. The summed E-state index contributed by atoms with van der Waals surface area (Å²) in [6, 6.07) is 0. The van der Waals surface area contributed by atoms with E-state index in [9.17, 15) is 4.39 Å². The van der Waals surface area contributed by atoms with Crippen molar-refractivity contribution in [3.05, 3.63) is 12.4 Å². The van der Waals surface area contributed by atoms with Crippen molar-refractivity contribution in [2.24, 2.45) is 10.8 Å². The molecule has 0 aliphatic heterocycles. The molecular weight excluding hydrogens is 127 g/mol. The second-order valence-corrected chi connectivity index (χ2v) is 4.26. The molecule has 0 aliphatic carbocycles. The lowest BCUT2D eigenvalue weighted by molar-refractivity contribution is 0.191. The predicted octanol–water partition coefficient (Wildman–Crippen LogP) is 3.54. The van der Waals surface area contributed by atoms with Gasteiger partial charge in [0.1, 0.15) is 0 Å². The Kier molecular flexibility index (Phi) is 2.64. The van der Waals surface area contributed by atoms with Crippen molar-refractivity contribution in [3.8, 4) is 0 Å². The van der Waals surface area contributed by atoms with E-state index in [1.54, 1.807) is 6.08 Å². The Hall–Kier alpha value is -0.330. The molecule has 0 atom stereocenters. The molecule has 0 nitrogen and oxygen atoms in total. The van der Waals surface area contributed by atoms with Crippen LogP contribution in [0.4, 0.5) is 4.39 Å². The van der Waals surface area contributed by atoms with Gasteiger partial charge in [0.15, 0.2) is 0 Å². The van der Waals surface area contributed by atoms with E-state index in [0.717, 1.165) is 0 Å². The van der Waals surface area contributed by atoms with Crippen molar-refractivity contribution in [1.29, 1.82) is 0 Å². The second-order valence-electron chi connectivity index (χ2n) is 4.26. The summed E-state index contributed by atoms with van der Waals surface area (Å²) >= 11 is 0. The summed E-state index contributed by atoms with van der Waals surface area (Å²) in [5.41, 5.74) is 0.0529. The van der Waals surface area contributed by atoms with Gasteiger partial charge in [-0.25, -0.2) is 4.39 Å². The Bertz CT molecular complexity index is 126. The van der Waals surface area contributed by atoms with E-state index in [4.69, 9.17) is 0 Å². The van der Waals surface area contributed by atoms with E-state index < -0.39 is 0 Å². The summed E-state index contributed by atoms with van der Waals surface area (Å²) in [6.45, 7) is 10.4. The first kappa shape index (κ1) is 9.67. The van der Waals surface area contributed by atoms with Crippen LogP contribution >= 0.6 is 0 Å². The summed E-state index contributed by atoms with van der Waals surface area (Å²) in [4.78, 5) is 0. The van der Waals surface area contributed by atoms with Crippen LogP contribution in [0.15, 0.2) is 12.4 Å². The number of rotatable bonds is 1. The molecule has 0 saturated carbocycles. The zero-order valence-electron chi connectivity index (χ0n) is 7.53. The van der Waals surface area contributed by atoms with Crippen LogP contribution in [-0.4, -0.2) is 0 Å². The molecule has 0 heterocycles. The summed E-state index contributed by atoms with van der Waals surface area (Å²) in [5.74, 6) is 0. The van der Waals surface area contributed by atoms with Crippen molar-refractivity contribution in [1.82, 2.24) is 0 Å². The Labute approximate surface area is 63.1 Å². The summed E-state index contributed by atoms with van der Waals surface area (Å²) in [7, 11) is 0. The highest BCUT2D eigenvalue weighted by Crippen LogP contribution is 2.38. The molecule has 0 aromatic rings. The lowest BCUT2D eigenvalue weighted by Gasteiger charge is -2.35. The summed E-state index contributed by atoms with van der Waals surface area (Å²) in [5, 5.41) is 0. The third-order valence-electron chi connectivity index (χ3n) is 2.41. The Morgan fingerprint density at radius 2 is 1.40 bits per heavy atom. The first-order valence-corrected chi connectivity index (χ1v) is 3.59. The molecule has 0 unspecified atom stereocenters. The fourth-order valence-electron chi connectivity index (χ4n) is 0.407. The quantitative estimate of drug-likeness (QED) is 0.528. The molecule has 0 rings (SSSR count). The Balaban J connectivity index is 4.40. The predicted molar refractivity (Wildman–Crippen MR) is 43.5 cm³/mol. The fourth-order valence-corrected chi connectivity index (χ4v) is 0.407. The van der Waals surface area contributed by atoms with Gasteiger partial charge in [-0.05, 0) is 16.9 Å². The minimum Gasteiger partial charge on any atom is -0.216 e. The van der Waals surface area contributed by atoms with Crippen LogP contribution in [0.25, 0.3) is 0 Å². The number of halogens is 1. The minimum absolute atomic E-state index is 0.0677. The van der Waals surface area contributed by atoms with E-state index in [1.807, 2.05) is 13.8 Å². The molecule has 0 amide bonds. The standard InChI is InChI=1S/C9H17F/c1-8(2,3)9(4,5)6-7-10/h6-7H,1-5H3/b7-6+. The molecule has 0 radical (unpaired) electrons. The fraction of sp³-hybridized carbons (Fsp3) is 0.778. The van der Waals surface area contributed by atoms with Crippen LogP contribution in [-0.2, 0) is 0 Å². The highest BCUT2D eigenvalue weighted by atomic mass is 19.1. The van der Waals surface area contributed by atoms with Crippen LogP contribution < -0.4 is 0 Å². The van der Waals surface area contributed by atoms with Gasteiger partial charge in [0.25, 0.3) is 0 Å². The zero-order valence-corrected chi connectivity index (χ0v) is 7.53. The van der Waals surface area contributed by atoms with E-state index in [0.29, 0.717) is 6.33 Å². The average Bonchev–Trinajstić information content (AvgIpc) is 1.61. The lowest BCUT2D eigenvalue weighted by atomic mass is 9.69. The molecule has 0 aromatic carbocycles. The van der Waals surface area contributed by atoms with Gasteiger partial charge in [0.2, 0.25) is 0 Å². The van der Waals surface area contributed by atoms with Gasteiger partial charge in [-0.15, -0.1) is 0 Å². The molecule has 1 heteroatoms. The van der Waals surface area contributed by atoms with E-state index in [1.165, 1.54) is 0 Å². The SMILES string of the molecule is CC(C)(C)C(C)(C)/C=C/F. The maximum absolute atomic E-state index is 11.8. The van der Waals surface area contributed by atoms with Crippen LogP contribution in [0, 0.1) is 10.8 Å². The van der Waals surface area contributed by atoms with E-state index in [2.05, 4.69) is 20.8 Å². The average molecular weight is 144 g/mol. The van der Waals surface area contributed by atoms with Crippen LogP contribution in [0.2, 0.25) is 0 Å². The van der Waals surface area contributed by atoms with Gasteiger partial charge >= 0.3 is 0 Å². The smallest absolute Gasteiger partial charge is 0.0832 e. The normalized spacial score (nSPS) is 14.6. The molecule has 0 N–H and O–H groups in total. The van der Waals surface area contributed by atoms with Crippen molar-refractivity contribution in [2.75, 3.05) is 0 Å². The van der Waals surface area contributed by atoms with Gasteiger partial charge in [0.05, 0.1) is 6.33 Å². The number of hydrogen-bond acceptors (Lipinski definition) is 0. The molecule has 0 saturated heterocycles. The molecule has 0 aliphatic rings. The molecule has 0 aromatic heterocycles. The van der Waals surface area contributed by atoms with Crippen LogP contribution in [0.1, 0.15) is 34.6 Å². The Morgan fingerprint density at radius 3 is 1.50 bits per heavy atom. The third-order valence-corrected chi connectivity index (χ3v) is 2.41. The molecule has 0 bridgehead atoms. The highest BCUT2D eigenvalue weighted by Gasteiger charge is 2.29. The maximum Gasteiger partial charge on any atom is 0.0832 e. The monoisotopic (exact) mass is 144 g/mol. The zero-order chi connectivity index (χ0) is 8.41. The first-order chi connectivity index (χ1) is 4.31. The summed E-state index contributed by atoms with van der Waals surface area (Å²) in [6.07, 6.45) is 2.23. The van der Waals surface area contributed by atoms with Crippen molar-refractivity contribution >= 4 is 0 Å².